The molecule has 4 rings (SSSR count). The van der Waals surface area contributed by atoms with Crippen LogP contribution in [0.25, 0.3) is 5.57 Å². The van der Waals surface area contributed by atoms with E-state index in [1.807, 2.05) is 6.20 Å². The van der Waals surface area contributed by atoms with E-state index in [2.05, 4.69) is 38.2 Å². The van der Waals surface area contributed by atoms with Gasteiger partial charge in [-0.3, -0.25) is 4.90 Å². The van der Waals surface area contributed by atoms with Crippen molar-refractivity contribution in [3.63, 3.8) is 0 Å². The minimum Gasteiger partial charge on any atom is -0.379 e. The standard InChI is InChI=1S/C20H31N5O/c1-2-5-16(4-1)20-18(15-23-24-20)17-6-8-22-19(14-17)21-7-3-9-25-10-12-26-13-11-25/h6,8,14,16,23-24H,1-5,7,9-13,15H2,(H,21,22). The van der Waals surface area contributed by atoms with Crippen molar-refractivity contribution >= 4 is 11.4 Å². The zero-order valence-electron chi connectivity index (χ0n) is 15.6. The van der Waals surface area contributed by atoms with Gasteiger partial charge in [-0.1, -0.05) is 12.8 Å². The minimum atomic E-state index is 0.693. The maximum absolute atomic E-state index is 5.40. The summed E-state index contributed by atoms with van der Waals surface area (Å²) in [6.07, 6.45) is 8.39. The van der Waals surface area contributed by atoms with Gasteiger partial charge >= 0.3 is 0 Å². The highest BCUT2D eigenvalue weighted by molar-refractivity contribution is 5.73. The van der Waals surface area contributed by atoms with Gasteiger partial charge in [0.25, 0.3) is 0 Å². The van der Waals surface area contributed by atoms with Gasteiger partial charge in [0.05, 0.1) is 13.2 Å². The number of aromatic nitrogens is 1. The molecule has 3 heterocycles. The Morgan fingerprint density at radius 2 is 2.08 bits per heavy atom. The van der Waals surface area contributed by atoms with Gasteiger partial charge < -0.3 is 15.5 Å². The molecule has 3 N–H and O–H groups in total. The lowest BCUT2D eigenvalue weighted by Gasteiger charge is -2.26. The molecule has 3 aliphatic rings. The predicted molar refractivity (Wildman–Crippen MR) is 105 cm³/mol. The molecule has 0 unspecified atom stereocenters. The Morgan fingerprint density at radius 1 is 1.23 bits per heavy atom. The summed E-state index contributed by atoms with van der Waals surface area (Å²) in [6.45, 7) is 6.85. The molecule has 0 aromatic carbocycles. The van der Waals surface area contributed by atoms with Crippen LogP contribution in [0.15, 0.2) is 24.0 Å². The minimum absolute atomic E-state index is 0.693. The third-order valence-electron chi connectivity index (χ3n) is 5.75. The maximum atomic E-state index is 5.40. The number of allylic oxidation sites excluding steroid dienone is 1. The molecule has 0 atom stereocenters. The van der Waals surface area contributed by atoms with Gasteiger partial charge in [0.1, 0.15) is 5.82 Å². The van der Waals surface area contributed by atoms with Crippen molar-refractivity contribution in [2.45, 2.75) is 32.1 Å². The summed E-state index contributed by atoms with van der Waals surface area (Å²) in [5.74, 6) is 1.67. The van der Waals surface area contributed by atoms with Crippen LogP contribution in [-0.4, -0.2) is 55.8 Å². The molecule has 1 aliphatic carbocycles. The molecule has 1 saturated heterocycles. The normalized spacial score (nSPS) is 22.0. The Morgan fingerprint density at radius 3 is 2.92 bits per heavy atom. The number of rotatable bonds is 7. The molecule has 1 aromatic heterocycles. The second kappa shape index (κ2) is 8.84. The summed E-state index contributed by atoms with van der Waals surface area (Å²) >= 11 is 0. The molecule has 6 heteroatoms. The van der Waals surface area contributed by atoms with Gasteiger partial charge in [-0.2, -0.15) is 0 Å². The topological polar surface area (TPSA) is 61.5 Å². The van der Waals surface area contributed by atoms with Gasteiger partial charge in [0.2, 0.25) is 0 Å². The summed E-state index contributed by atoms with van der Waals surface area (Å²) in [5, 5.41) is 3.50. The van der Waals surface area contributed by atoms with E-state index in [0.29, 0.717) is 5.92 Å². The van der Waals surface area contributed by atoms with Crippen molar-refractivity contribution in [3.8, 4) is 0 Å². The number of hydrazine groups is 1. The number of hydrogen-bond donors (Lipinski definition) is 3. The maximum Gasteiger partial charge on any atom is 0.126 e. The van der Waals surface area contributed by atoms with Gasteiger partial charge in [0, 0.05) is 44.0 Å². The van der Waals surface area contributed by atoms with Crippen LogP contribution in [-0.2, 0) is 4.74 Å². The third-order valence-corrected chi connectivity index (χ3v) is 5.75. The molecule has 6 nitrogen and oxygen atoms in total. The lowest BCUT2D eigenvalue weighted by atomic mass is 9.96. The SMILES string of the molecule is c1cc(C2=C(C3CCCC3)NNC2)cc(NCCCN2CCOCC2)n1. The summed E-state index contributed by atoms with van der Waals surface area (Å²) in [7, 11) is 0. The van der Waals surface area contributed by atoms with E-state index in [0.717, 1.165) is 58.2 Å². The van der Waals surface area contributed by atoms with Crippen LogP contribution in [0.1, 0.15) is 37.7 Å². The Hall–Kier alpha value is -1.63. The molecule has 1 saturated carbocycles. The quantitative estimate of drug-likeness (QED) is 0.651. The van der Waals surface area contributed by atoms with Crippen LogP contribution in [0, 0.1) is 5.92 Å². The first-order valence-corrected chi connectivity index (χ1v) is 10.1. The molecule has 2 aliphatic heterocycles. The summed E-state index contributed by atoms with van der Waals surface area (Å²) < 4.78 is 5.40. The highest BCUT2D eigenvalue weighted by Crippen LogP contribution is 2.35. The monoisotopic (exact) mass is 357 g/mol. The Kier molecular flexibility index (Phi) is 6.04. The molecular weight excluding hydrogens is 326 g/mol. The number of nitrogens with one attached hydrogen (secondary N) is 3. The van der Waals surface area contributed by atoms with E-state index < -0.39 is 0 Å². The van der Waals surface area contributed by atoms with Crippen molar-refractivity contribution < 1.29 is 4.74 Å². The average Bonchev–Trinajstić information content (AvgIpc) is 3.37. The Balaban J connectivity index is 1.33. The number of pyridine rings is 1. The molecule has 0 amide bonds. The van der Waals surface area contributed by atoms with Crippen molar-refractivity contribution in [1.29, 1.82) is 0 Å². The largest absolute Gasteiger partial charge is 0.379 e. The molecule has 1 aromatic rings. The molecule has 26 heavy (non-hydrogen) atoms. The van der Waals surface area contributed by atoms with E-state index in [1.165, 1.54) is 42.5 Å². The van der Waals surface area contributed by atoms with Crippen molar-refractivity contribution in [2.75, 3.05) is 51.3 Å². The summed E-state index contributed by atoms with van der Waals surface area (Å²) in [5.41, 5.74) is 10.9. The lowest BCUT2D eigenvalue weighted by Crippen LogP contribution is -2.37. The number of nitrogens with zero attached hydrogens (tertiary/aromatic N) is 2. The second-order valence-corrected chi connectivity index (χ2v) is 7.52. The van der Waals surface area contributed by atoms with Crippen molar-refractivity contribution in [2.24, 2.45) is 5.92 Å². The summed E-state index contributed by atoms with van der Waals surface area (Å²) in [4.78, 5) is 6.99. The number of hydrogen-bond acceptors (Lipinski definition) is 6. The predicted octanol–water partition coefficient (Wildman–Crippen LogP) is 2.22. The molecular formula is C20H31N5O. The Labute approximate surface area is 156 Å². The van der Waals surface area contributed by atoms with Gasteiger partial charge in [-0.25, -0.2) is 10.4 Å². The molecule has 0 spiro atoms. The first-order chi connectivity index (χ1) is 12.9. The fourth-order valence-corrected chi connectivity index (χ4v) is 4.28. The zero-order chi connectivity index (χ0) is 17.6. The van der Waals surface area contributed by atoms with E-state index >= 15 is 0 Å². The van der Waals surface area contributed by atoms with E-state index in [9.17, 15) is 0 Å². The Bertz CT molecular complexity index is 620. The van der Waals surface area contributed by atoms with E-state index in [4.69, 9.17) is 4.74 Å². The van der Waals surface area contributed by atoms with E-state index in [1.54, 1.807) is 0 Å². The highest BCUT2D eigenvalue weighted by Gasteiger charge is 2.26. The fourth-order valence-electron chi connectivity index (χ4n) is 4.28. The van der Waals surface area contributed by atoms with E-state index in [-0.39, 0.29) is 0 Å². The third kappa shape index (κ3) is 4.37. The number of ether oxygens (including phenoxy) is 1. The van der Waals surface area contributed by atoms with Crippen molar-refractivity contribution in [1.82, 2.24) is 20.7 Å². The smallest absolute Gasteiger partial charge is 0.126 e. The van der Waals surface area contributed by atoms with Crippen LogP contribution < -0.4 is 16.2 Å². The molecule has 0 bridgehead atoms. The number of anilines is 1. The van der Waals surface area contributed by atoms with Crippen molar-refractivity contribution in [3.05, 3.63) is 29.6 Å². The first kappa shape index (κ1) is 17.8. The first-order valence-electron chi connectivity index (χ1n) is 10.1. The molecule has 142 valence electrons. The number of morpholine rings is 1. The van der Waals surface area contributed by atoms with Crippen LogP contribution in [0.3, 0.4) is 0 Å². The zero-order valence-corrected chi connectivity index (χ0v) is 15.6. The molecule has 0 radical (unpaired) electrons. The van der Waals surface area contributed by atoms with Crippen LogP contribution in [0.5, 0.6) is 0 Å². The van der Waals surface area contributed by atoms with Crippen LogP contribution >= 0.6 is 0 Å². The fraction of sp³-hybridized carbons (Fsp3) is 0.650. The second-order valence-electron chi connectivity index (χ2n) is 7.52. The molecule has 2 fully saturated rings. The van der Waals surface area contributed by atoms with Gasteiger partial charge in [-0.05, 0) is 49.1 Å². The van der Waals surface area contributed by atoms with Crippen LogP contribution in [0.2, 0.25) is 0 Å². The summed E-state index contributed by atoms with van der Waals surface area (Å²) in [6, 6.07) is 4.34. The van der Waals surface area contributed by atoms with Gasteiger partial charge in [0.15, 0.2) is 0 Å². The highest BCUT2D eigenvalue weighted by atomic mass is 16.5. The average molecular weight is 358 g/mol. The van der Waals surface area contributed by atoms with Gasteiger partial charge in [-0.15, -0.1) is 0 Å². The van der Waals surface area contributed by atoms with Crippen LogP contribution in [0.4, 0.5) is 5.82 Å². The lowest BCUT2D eigenvalue weighted by molar-refractivity contribution is 0.0378.